The van der Waals surface area contributed by atoms with Crippen LogP contribution in [0.2, 0.25) is 0 Å². The van der Waals surface area contributed by atoms with Crippen LogP contribution in [0, 0.1) is 11.8 Å². The summed E-state index contributed by atoms with van der Waals surface area (Å²) in [7, 11) is 0. The SMILES string of the molecule is C=C(/N=C(\ON)C(C)C)C(C)C. The van der Waals surface area contributed by atoms with Gasteiger partial charge in [0, 0.05) is 11.6 Å². The Bertz CT molecular complexity index is 183. The summed E-state index contributed by atoms with van der Waals surface area (Å²) in [5.74, 6) is 6.11. The van der Waals surface area contributed by atoms with Crippen molar-refractivity contribution in [3.8, 4) is 0 Å². The van der Waals surface area contributed by atoms with Crippen LogP contribution in [0.3, 0.4) is 0 Å². The maximum Gasteiger partial charge on any atom is 0.216 e. The summed E-state index contributed by atoms with van der Waals surface area (Å²) in [6.07, 6.45) is 0. The van der Waals surface area contributed by atoms with Crippen LogP contribution >= 0.6 is 0 Å². The second-order valence-electron chi connectivity index (χ2n) is 3.37. The number of allylic oxidation sites excluding steroid dienone is 1. The maximum atomic E-state index is 5.05. The normalized spacial score (nSPS) is 12.4. The summed E-state index contributed by atoms with van der Waals surface area (Å²) in [5.41, 5.74) is 0.796. The van der Waals surface area contributed by atoms with Gasteiger partial charge >= 0.3 is 0 Å². The molecule has 0 rings (SSSR count). The molecule has 12 heavy (non-hydrogen) atoms. The molecule has 0 aliphatic heterocycles. The molecule has 0 atom stereocenters. The number of aliphatic imine (C=N–C) groups is 1. The highest BCUT2D eigenvalue weighted by atomic mass is 16.6. The first-order chi connectivity index (χ1) is 5.49. The quantitative estimate of drug-likeness (QED) is 0.400. The van der Waals surface area contributed by atoms with Gasteiger partial charge in [-0.25, -0.2) is 4.99 Å². The van der Waals surface area contributed by atoms with Crippen LogP contribution in [0.25, 0.3) is 0 Å². The van der Waals surface area contributed by atoms with Gasteiger partial charge in [0.2, 0.25) is 5.90 Å². The van der Waals surface area contributed by atoms with Gasteiger partial charge in [0.25, 0.3) is 0 Å². The molecular formula is C9H18N2O. The fraction of sp³-hybridized carbons (Fsp3) is 0.667. The third-order valence-electron chi connectivity index (χ3n) is 1.53. The molecule has 0 radical (unpaired) electrons. The Morgan fingerprint density at radius 3 is 2.00 bits per heavy atom. The molecule has 2 N–H and O–H groups in total. The molecule has 0 fully saturated rings. The lowest BCUT2D eigenvalue weighted by Gasteiger charge is -2.09. The zero-order valence-corrected chi connectivity index (χ0v) is 8.29. The molecule has 0 aromatic heterocycles. The van der Waals surface area contributed by atoms with Gasteiger partial charge in [-0.2, -0.15) is 5.90 Å². The van der Waals surface area contributed by atoms with Crippen molar-refractivity contribution in [3.05, 3.63) is 12.3 Å². The van der Waals surface area contributed by atoms with Crippen LogP contribution < -0.4 is 5.90 Å². The van der Waals surface area contributed by atoms with Crippen LogP contribution in [0.5, 0.6) is 0 Å². The summed E-state index contributed by atoms with van der Waals surface area (Å²) < 4.78 is 0. The minimum atomic E-state index is 0.200. The molecule has 0 saturated carbocycles. The predicted molar refractivity (Wildman–Crippen MR) is 51.5 cm³/mol. The molecule has 70 valence electrons. The minimum Gasteiger partial charge on any atom is -0.396 e. The fourth-order valence-electron chi connectivity index (χ4n) is 0.562. The molecule has 0 aliphatic carbocycles. The topological polar surface area (TPSA) is 47.6 Å². The molecule has 0 aromatic carbocycles. The summed E-state index contributed by atoms with van der Waals surface area (Å²) in [5, 5.41) is 0. The van der Waals surface area contributed by atoms with E-state index >= 15 is 0 Å². The third kappa shape index (κ3) is 3.53. The molecule has 3 heteroatoms. The molecule has 0 heterocycles. The van der Waals surface area contributed by atoms with Gasteiger partial charge in [-0.05, 0) is 5.92 Å². The molecule has 0 unspecified atom stereocenters. The fourth-order valence-corrected chi connectivity index (χ4v) is 0.562. The van der Waals surface area contributed by atoms with Crippen LogP contribution in [0.15, 0.2) is 17.3 Å². The molecule has 0 aromatic rings. The van der Waals surface area contributed by atoms with Gasteiger partial charge in [0.05, 0.1) is 0 Å². The van der Waals surface area contributed by atoms with E-state index in [1.54, 1.807) is 0 Å². The van der Waals surface area contributed by atoms with E-state index in [0.717, 1.165) is 5.70 Å². The van der Waals surface area contributed by atoms with Crippen molar-refractivity contribution in [2.75, 3.05) is 0 Å². The van der Waals surface area contributed by atoms with E-state index in [2.05, 4.69) is 16.4 Å². The lowest BCUT2D eigenvalue weighted by molar-refractivity contribution is 0.298. The van der Waals surface area contributed by atoms with Crippen molar-refractivity contribution in [1.29, 1.82) is 0 Å². The summed E-state index contributed by atoms with van der Waals surface area (Å²) in [6.45, 7) is 11.8. The Morgan fingerprint density at radius 1 is 1.25 bits per heavy atom. The van der Waals surface area contributed by atoms with Crippen LogP contribution in [-0.2, 0) is 4.84 Å². The molecule has 0 aliphatic rings. The van der Waals surface area contributed by atoms with Crippen molar-refractivity contribution in [2.24, 2.45) is 22.7 Å². The molecular weight excluding hydrogens is 152 g/mol. The van der Waals surface area contributed by atoms with E-state index in [9.17, 15) is 0 Å². The number of rotatable bonds is 3. The van der Waals surface area contributed by atoms with E-state index in [0.29, 0.717) is 11.8 Å². The second kappa shape index (κ2) is 4.93. The van der Waals surface area contributed by atoms with Crippen molar-refractivity contribution in [2.45, 2.75) is 27.7 Å². The van der Waals surface area contributed by atoms with E-state index in [1.807, 2.05) is 27.7 Å². The molecule has 0 spiro atoms. The summed E-state index contributed by atoms with van der Waals surface area (Å²) in [6, 6.07) is 0. The van der Waals surface area contributed by atoms with Crippen LogP contribution in [-0.4, -0.2) is 5.90 Å². The van der Waals surface area contributed by atoms with Crippen molar-refractivity contribution in [1.82, 2.24) is 0 Å². The first kappa shape index (κ1) is 11.2. The minimum absolute atomic E-state index is 0.200. The first-order valence-electron chi connectivity index (χ1n) is 4.13. The van der Waals surface area contributed by atoms with Crippen LogP contribution in [0.1, 0.15) is 27.7 Å². The molecule has 0 bridgehead atoms. The van der Waals surface area contributed by atoms with Gasteiger partial charge in [-0.1, -0.05) is 34.3 Å². The number of nitrogens with zero attached hydrogens (tertiary/aromatic N) is 1. The third-order valence-corrected chi connectivity index (χ3v) is 1.53. The zero-order valence-electron chi connectivity index (χ0n) is 8.29. The first-order valence-corrected chi connectivity index (χ1v) is 4.13. The van der Waals surface area contributed by atoms with Gasteiger partial charge in [-0.15, -0.1) is 0 Å². The summed E-state index contributed by atoms with van der Waals surface area (Å²) >= 11 is 0. The van der Waals surface area contributed by atoms with Crippen molar-refractivity contribution in [3.63, 3.8) is 0 Å². The Morgan fingerprint density at radius 2 is 1.75 bits per heavy atom. The highest BCUT2D eigenvalue weighted by molar-refractivity contribution is 5.78. The van der Waals surface area contributed by atoms with E-state index < -0.39 is 0 Å². The zero-order chi connectivity index (χ0) is 9.72. The van der Waals surface area contributed by atoms with Gasteiger partial charge in [-0.3, -0.25) is 0 Å². The Hall–Kier alpha value is -0.830. The Balaban J connectivity index is 4.38. The number of hydrogen-bond donors (Lipinski definition) is 1. The predicted octanol–water partition coefficient (Wildman–Crippen LogP) is 2.10. The van der Waals surface area contributed by atoms with Gasteiger partial charge in [0.1, 0.15) is 0 Å². The number of nitrogens with two attached hydrogens (primary N) is 1. The lowest BCUT2D eigenvalue weighted by atomic mass is 10.1. The molecule has 0 amide bonds. The standard InChI is InChI=1S/C9H18N2O/c1-6(2)8(5)11-9(12-10)7(3)4/h6-7H,5,10H2,1-4H3/b11-9-. The van der Waals surface area contributed by atoms with E-state index in [4.69, 9.17) is 5.90 Å². The highest BCUT2D eigenvalue weighted by Gasteiger charge is 2.07. The van der Waals surface area contributed by atoms with Crippen molar-refractivity contribution < 1.29 is 4.84 Å². The highest BCUT2D eigenvalue weighted by Crippen LogP contribution is 2.10. The largest absolute Gasteiger partial charge is 0.396 e. The second-order valence-corrected chi connectivity index (χ2v) is 3.37. The average molecular weight is 170 g/mol. The summed E-state index contributed by atoms with van der Waals surface area (Å²) in [4.78, 5) is 8.79. The van der Waals surface area contributed by atoms with E-state index in [-0.39, 0.29) is 5.92 Å². The van der Waals surface area contributed by atoms with Gasteiger partial charge in [0.15, 0.2) is 0 Å². The van der Waals surface area contributed by atoms with Gasteiger partial charge < -0.3 is 4.84 Å². The Labute approximate surface area is 74.3 Å². The smallest absolute Gasteiger partial charge is 0.216 e. The number of hydrogen-bond acceptors (Lipinski definition) is 3. The average Bonchev–Trinajstić information content (AvgIpc) is 1.98. The van der Waals surface area contributed by atoms with E-state index in [1.165, 1.54) is 0 Å². The monoisotopic (exact) mass is 170 g/mol. The van der Waals surface area contributed by atoms with Crippen LogP contribution in [0.4, 0.5) is 0 Å². The van der Waals surface area contributed by atoms with Crippen molar-refractivity contribution >= 4 is 5.90 Å². The molecule has 3 nitrogen and oxygen atoms in total. The maximum absolute atomic E-state index is 5.05. The molecule has 0 saturated heterocycles. The Kier molecular flexibility index (Phi) is 4.59. The lowest BCUT2D eigenvalue weighted by Crippen LogP contribution is -2.17.